The molecule has 3 aromatic rings. The Kier molecular flexibility index (Phi) is 7.51. The number of nitriles is 1. The molecule has 30 heavy (non-hydrogen) atoms. The topological polar surface area (TPSA) is 42.2 Å². The summed E-state index contributed by atoms with van der Waals surface area (Å²) in [4.78, 5) is 0. The van der Waals surface area contributed by atoms with Crippen molar-refractivity contribution in [2.24, 2.45) is 0 Å². The monoisotopic (exact) mass is 485 g/mol. The SMILES string of the molecule is CCOc1cc(C=C(C#N)c2ccccc2Cl)cc(Br)c1OCc1ccccc1F. The summed E-state index contributed by atoms with van der Waals surface area (Å²) in [6.07, 6.45) is 1.73. The number of hydrogen-bond donors (Lipinski definition) is 0. The number of nitrogens with zero attached hydrogens (tertiary/aromatic N) is 1. The molecule has 0 atom stereocenters. The predicted molar refractivity (Wildman–Crippen MR) is 121 cm³/mol. The van der Waals surface area contributed by atoms with Gasteiger partial charge in [0.1, 0.15) is 12.4 Å². The van der Waals surface area contributed by atoms with Crippen LogP contribution in [0.25, 0.3) is 11.6 Å². The third-order valence-electron chi connectivity index (χ3n) is 4.26. The zero-order chi connectivity index (χ0) is 21.5. The average molecular weight is 487 g/mol. The van der Waals surface area contributed by atoms with Crippen LogP contribution >= 0.6 is 27.5 Å². The summed E-state index contributed by atoms with van der Waals surface area (Å²) in [5, 5.41) is 10.1. The molecule has 0 aliphatic rings. The summed E-state index contributed by atoms with van der Waals surface area (Å²) < 4.78 is 26.1. The maximum absolute atomic E-state index is 13.9. The molecule has 0 heterocycles. The molecule has 0 N–H and O–H groups in total. The molecule has 0 unspecified atom stereocenters. The van der Waals surface area contributed by atoms with Crippen LogP contribution in [0.5, 0.6) is 11.5 Å². The summed E-state index contributed by atoms with van der Waals surface area (Å²) in [5.41, 5.74) is 2.26. The number of halogens is 3. The second-order valence-corrected chi connectivity index (χ2v) is 7.55. The van der Waals surface area contributed by atoms with Gasteiger partial charge in [-0.05, 0) is 58.8 Å². The molecule has 3 rings (SSSR count). The maximum Gasteiger partial charge on any atom is 0.175 e. The van der Waals surface area contributed by atoms with E-state index < -0.39 is 0 Å². The minimum Gasteiger partial charge on any atom is -0.490 e. The summed E-state index contributed by atoms with van der Waals surface area (Å²) >= 11 is 9.74. The first-order valence-corrected chi connectivity index (χ1v) is 10.4. The van der Waals surface area contributed by atoms with Crippen LogP contribution in [-0.4, -0.2) is 6.61 Å². The fourth-order valence-corrected chi connectivity index (χ4v) is 3.67. The van der Waals surface area contributed by atoms with Crippen molar-refractivity contribution in [2.45, 2.75) is 13.5 Å². The quantitative estimate of drug-likeness (QED) is 0.260. The molecule has 0 radical (unpaired) electrons. The lowest BCUT2D eigenvalue weighted by Gasteiger charge is -2.15. The Morgan fingerprint density at radius 3 is 2.57 bits per heavy atom. The lowest BCUT2D eigenvalue weighted by atomic mass is 10.0. The summed E-state index contributed by atoms with van der Waals surface area (Å²) in [6, 6.07) is 19.4. The van der Waals surface area contributed by atoms with E-state index in [0.29, 0.717) is 44.3 Å². The highest BCUT2D eigenvalue weighted by Gasteiger charge is 2.14. The first-order valence-electron chi connectivity index (χ1n) is 9.22. The van der Waals surface area contributed by atoms with Crippen LogP contribution in [-0.2, 0) is 6.61 Å². The fourth-order valence-electron chi connectivity index (χ4n) is 2.86. The summed E-state index contributed by atoms with van der Waals surface area (Å²) in [7, 11) is 0. The van der Waals surface area contributed by atoms with Crippen LogP contribution < -0.4 is 9.47 Å². The van der Waals surface area contributed by atoms with Gasteiger partial charge in [0.25, 0.3) is 0 Å². The Balaban J connectivity index is 1.95. The first kappa shape index (κ1) is 21.9. The minimum absolute atomic E-state index is 0.0591. The van der Waals surface area contributed by atoms with Gasteiger partial charge in [0.05, 0.1) is 22.7 Å². The van der Waals surface area contributed by atoms with Crippen LogP contribution in [0.1, 0.15) is 23.6 Å². The van der Waals surface area contributed by atoms with E-state index in [1.54, 1.807) is 42.5 Å². The van der Waals surface area contributed by atoms with E-state index in [4.69, 9.17) is 21.1 Å². The lowest BCUT2D eigenvalue weighted by Crippen LogP contribution is -2.02. The molecule has 0 aliphatic heterocycles. The van der Waals surface area contributed by atoms with Gasteiger partial charge in [0.15, 0.2) is 11.5 Å². The van der Waals surface area contributed by atoms with Gasteiger partial charge < -0.3 is 9.47 Å². The number of ether oxygens (including phenoxy) is 2. The van der Waals surface area contributed by atoms with Gasteiger partial charge >= 0.3 is 0 Å². The molecule has 0 spiro atoms. The van der Waals surface area contributed by atoms with Gasteiger partial charge in [-0.3, -0.25) is 0 Å². The second kappa shape index (κ2) is 10.3. The Hall–Kier alpha value is -2.81. The van der Waals surface area contributed by atoms with Crippen LogP contribution in [0.3, 0.4) is 0 Å². The van der Waals surface area contributed by atoms with E-state index in [1.807, 2.05) is 25.1 Å². The zero-order valence-corrected chi connectivity index (χ0v) is 18.5. The van der Waals surface area contributed by atoms with Gasteiger partial charge in [-0.2, -0.15) is 5.26 Å². The van der Waals surface area contributed by atoms with Crippen molar-refractivity contribution in [1.29, 1.82) is 5.26 Å². The summed E-state index contributed by atoms with van der Waals surface area (Å²) in [5.74, 6) is 0.629. The fraction of sp³-hybridized carbons (Fsp3) is 0.125. The van der Waals surface area contributed by atoms with Crippen molar-refractivity contribution in [3.05, 3.63) is 92.7 Å². The molecule has 6 heteroatoms. The molecule has 3 aromatic carbocycles. The predicted octanol–water partition coefficient (Wildman–Crippen LogP) is 7.28. The number of allylic oxidation sites excluding steroid dienone is 1. The minimum atomic E-state index is -0.329. The van der Waals surface area contributed by atoms with Gasteiger partial charge in [0.2, 0.25) is 0 Å². The Labute approximate surface area is 188 Å². The second-order valence-electron chi connectivity index (χ2n) is 6.29. The van der Waals surface area contributed by atoms with E-state index in [1.165, 1.54) is 6.07 Å². The Bertz CT molecular complexity index is 1120. The van der Waals surface area contributed by atoms with Crippen molar-refractivity contribution >= 4 is 39.2 Å². The summed E-state index contributed by atoms with van der Waals surface area (Å²) in [6.45, 7) is 2.34. The molecule has 0 amide bonds. The molecule has 152 valence electrons. The van der Waals surface area contributed by atoms with E-state index in [0.717, 1.165) is 5.56 Å². The smallest absolute Gasteiger partial charge is 0.175 e. The van der Waals surface area contributed by atoms with E-state index >= 15 is 0 Å². The molecule has 0 fully saturated rings. The number of hydrogen-bond acceptors (Lipinski definition) is 3. The molecular formula is C24H18BrClFNO2. The highest BCUT2D eigenvalue weighted by Crippen LogP contribution is 2.38. The van der Waals surface area contributed by atoms with Crippen LogP contribution in [0.15, 0.2) is 65.1 Å². The number of benzene rings is 3. The average Bonchev–Trinajstić information content (AvgIpc) is 2.73. The molecule has 0 saturated heterocycles. The molecular weight excluding hydrogens is 469 g/mol. The van der Waals surface area contributed by atoms with Gasteiger partial charge in [0, 0.05) is 16.1 Å². The molecule has 0 saturated carbocycles. The van der Waals surface area contributed by atoms with Crippen molar-refractivity contribution < 1.29 is 13.9 Å². The molecule has 0 aromatic heterocycles. The van der Waals surface area contributed by atoms with Crippen molar-refractivity contribution in [2.75, 3.05) is 6.61 Å². The third-order valence-corrected chi connectivity index (χ3v) is 5.18. The zero-order valence-electron chi connectivity index (χ0n) is 16.2. The van der Waals surface area contributed by atoms with E-state index in [9.17, 15) is 9.65 Å². The Morgan fingerprint density at radius 2 is 1.87 bits per heavy atom. The highest BCUT2D eigenvalue weighted by atomic mass is 79.9. The Morgan fingerprint density at radius 1 is 1.13 bits per heavy atom. The number of rotatable bonds is 7. The maximum atomic E-state index is 13.9. The third kappa shape index (κ3) is 5.21. The largest absolute Gasteiger partial charge is 0.490 e. The van der Waals surface area contributed by atoms with E-state index in [-0.39, 0.29) is 12.4 Å². The van der Waals surface area contributed by atoms with Crippen molar-refractivity contribution in [3.8, 4) is 17.6 Å². The lowest BCUT2D eigenvalue weighted by molar-refractivity contribution is 0.264. The standard InChI is InChI=1S/C24H18BrClFNO2/c1-2-29-23-13-16(11-18(14-28)19-8-4-5-9-21(19)26)12-20(25)24(23)30-15-17-7-3-6-10-22(17)27/h3-13H,2,15H2,1H3. The van der Waals surface area contributed by atoms with Crippen molar-refractivity contribution in [1.82, 2.24) is 0 Å². The molecule has 0 bridgehead atoms. The molecule has 3 nitrogen and oxygen atoms in total. The van der Waals surface area contributed by atoms with Crippen LogP contribution in [0, 0.1) is 17.1 Å². The normalized spacial score (nSPS) is 11.1. The van der Waals surface area contributed by atoms with Crippen LogP contribution in [0.2, 0.25) is 5.02 Å². The molecule has 0 aliphatic carbocycles. The highest BCUT2D eigenvalue weighted by molar-refractivity contribution is 9.10. The van der Waals surface area contributed by atoms with Crippen molar-refractivity contribution in [3.63, 3.8) is 0 Å². The van der Waals surface area contributed by atoms with Crippen LogP contribution in [0.4, 0.5) is 4.39 Å². The first-order chi connectivity index (χ1) is 14.5. The van der Waals surface area contributed by atoms with E-state index in [2.05, 4.69) is 22.0 Å². The van der Waals surface area contributed by atoms with Gasteiger partial charge in [-0.25, -0.2) is 4.39 Å². The van der Waals surface area contributed by atoms with Gasteiger partial charge in [-0.15, -0.1) is 0 Å². The van der Waals surface area contributed by atoms with Gasteiger partial charge in [-0.1, -0.05) is 48.0 Å².